The highest BCUT2D eigenvalue weighted by atomic mass is 28.4. The van der Waals surface area contributed by atoms with Crippen LogP contribution in [0.2, 0.25) is 18.1 Å². The van der Waals surface area contributed by atoms with E-state index in [0.29, 0.717) is 0 Å². The number of fused-ring (bicyclic) bond motifs is 3. The van der Waals surface area contributed by atoms with Gasteiger partial charge < -0.3 is 28.7 Å². The van der Waals surface area contributed by atoms with Gasteiger partial charge in [-0.1, -0.05) is 124 Å². The van der Waals surface area contributed by atoms with Crippen LogP contribution in [0.5, 0.6) is 11.5 Å². The molecule has 0 fully saturated rings. The van der Waals surface area contributed by atoms with Gasteiger partial charge in [0, 0.05) is 12.5 Å². The Balaban J connectivity index is 1.32. The van der Waals surface area contributed by atoms with Gasteiger partial charge >= 0.3 is 6.09 Å². The van der Waals surface area contributed by atoms with Gasteiger partial charge in [-0.2, -0.15) is 0 Å². The Hall–Kier alpha value is -4.89. The normalized spacial score (nSPS) is 13.5. The van der Waals surface area contributed by atoms with Gasteiger partial charge in [0.25, 0.3) is 0 Å². The number of carbonyl (C=O) groups is 1. The maximum absolute atomic E-state index is 13.6. The number of alkyl carbamates (subject to hydrolysis) is 1. The van der Waals surface area contributed by atoms with E-state index < -0.39 is 26.1 Å². The molecule has 0 aliphatic heterocycles. The highest BCUT2D eigenvalue weighted by Crippen LogP contribution is 2.45. The average molecular weight is 730 g/mol. The highest BCUT2D eigenvalue weighted by Gasteiger charge is 2.42. The Morgan fingerprint density at radius 1 is 0.679 bits per heavy atom. The third-order valence-electron chi connectivity index (χ3n) is 10.8. The van der Waals surface area contributed by atoms with E-state index in [1.54, 1.807) is 14.2 Å². The summed E-state index contributed by atoms with van der Waals surface area (Å²) in [6.07, 6.45) is -1.08. The van der Waals surface area contributed by atoms with Gasteiger partial charge in [0.1, 0.15) is 23.7 Å². The van der Waals surface area contributed by atoms with Crippen LogP contribution < -0.4 is 14.8 Å². The lowest BCUT2D eigenvalue weighted by Crippen LogP contribution is -2.48. The van der Waals surface area contributed by atoms with Crippen molar-refractivity contribution >= 4 is 14.4 Å². The minimum atomic E-state index is -2.22. The van der Waals surface area contributed by atoms with Crippen LogP contribution in [-0.2, 0) is 19.5 Å². The molecule has 1 N–H and O–H groups in total. The first-order valence-corrected chi connectivity index (χ1v) is 21.1. The molecular formula is C45H51NO6Si. The van der Waals surface area contributed by atoms with Crippen LogP contribution in [0.3, 0.4) is 0 Å². The third kappa shape index (κ3) is 8.05. The molecule has 1 atom stereocenters. The van der Waals surface area contributed by atoms with Crippen molar-refractivity contribution in [2.45, 2.75) is 56.5 Å². The minimum absolute atomic E-state index is 0.0275. The molecule has 0 saturated heterocycles. The van der Waals surface area contributed by atoms with E-state index in [1.165, 1.54) is 11.1 Å². The van der Waals surface area contributed by atoms with E-state index in [1.807, 2.05) is 91.0 Å². The first-order valence-electron chi connectivity index (χ1n) is 18.2. The van der Waals surface area contributed by atoms with E-state index in [4.69, 9.17) is 23.4 Å². The summed E-state index contributed by atoms with van der Waals surface area (Å²) in [5.41, 5.74) is 6.32. The molecule has 0 saturated carbocycles. The summed E-state index contributed by atoms with van der Waals surface area (Å²) in [6.45, 7) is 11.7. The molecule has 5 aromatic carbocycles. The molecule has 0 spiro atoms. The standard InChI is InChI=1S/C45H51NO6Si/c1-44(2,3)53(6,7)51-30-37(29-46-43(47)50-31-42-40-19-13-11-17-38(40)39-18-12-14-20-41(39)42)52-45(32-15-9-8-10-16-32,33-21-25-35(48-4)26-22-33)34-23-27-36(49-5)28-24-34/h8-28,37,42H,29-31H2,1-7H3,(H,46,47). The third-order valence-corrected chi connectivity index (χ3v) is 15.3. The van der Waals surface area contributed by atoms with Crippen LogP contribution in [0.15, 0.2) is 127 Å². The summed E-state index contributed by atoms with van der Waals surface area (Å²) in [5.74, 6) is 1.43. The van der Waals surface area contributed by atoms with Crippen molar-refractivity contribution in [3.8, 4) is 22.6 Å². The number of amides is 1. The van der Waals surface area contributed by atoms with Crippen molar-refractivity contribution in [2.75, 3.05) is 34.0 Å². The van der Waals surface area contributed by atoms with Gasteiger partial charge in [0.15, 0.2) is 8.32 Å². The van der Waals surface area contributed by atoms with Crippen LogP contribution in [-0.4, -0.2) is 54.5 Å². The molecule has 53 heavy (non-hydrogen) atoms. The predicted octanol–water partition coefficient (Wildman–Crippen LogP) is 9.94. The molecule has 1 aliphatic carbocycles. The van der Waals surface area contributed by atoms with Crippen LogP contribution in [0.4, 0.5) is 4.79 Å². The number of carbonyl (C=O) groups excluding carboxylic acids is 1. The van der Waals surface area contributed by atoms with E-state index in [2.05, 4.69) is 75.6 Å². The Morgan fingerprint density at radius 2 is 1.15 bits per heavy atom. The molecule has 276 valence electrons. The molecule has 5 aromatic rings. The number of rotatable bonds is 14. The SMILES string of the molecule is COc1ccc(C(OC(CNC(=O)OCC2c3ccccc3-c3ccccc32)CO[Si](C)(C)C(C)(C)C)(c2ccccc2)c2ccc(OC)cc2)cc1. The first kappa shape index (κ1) is 37.9. The monoisotopic (exact) mass is 729 g/mol. The Morgan fingerprint density at radius 3 is 1.64 bits per heavy atom. The zero-order valence-electron chi connectivity index (χ0n) is 31.8. The summed E-state index contributed by atoms with van der Waals surface area (Å²) >= 11 is 0. The Bertz CT molecular complexity index is 1880. The maximum atomic E-state index is 13.6. The molecular weight excluding hydrogens is 679 g/mol. The number of methoxy groups -OCH3 is 2. The van der Waals surface area contributed by atoms with Crippen LogP contribution >= 0.6 is 0 Å². The number of benzene rings is 5. The van der Waals surface area contributed by atoms with E-state index in [0.717, 1.165) is 39.3 Å². The van der Waals surface area contributed by atoms with Gasteiger partial charge in [-0.3, -0.25) is 0 Å². The molecule has 8 heteroatoms. The van der Waals surface area contributed by atoms with Crippen LogP contribution in [0.25, 0.3) is 11.1 Å². The summed E-state index contributed by atoms with van der Waals surface area (Å²) in [7, 11) is 1.09. The topological polar surface area (TPSA) is 75.3 Å². The molecule has 1 amide bonds. The number of hydrogen-bond donors (Lipinski definition) is 1. The second kappa shape index (κ2) is 16.0. The van der Waals surface area contributed by atoms with Gasteiger partial charge in [-0.25, -0.2) is 4.79 Å². The molecule has 0 aromatic heterocycles. The summed E-state index contributed by atoms with van der Waals surface area (Å²) in [5, 5.41) is 3.02. The van der Waals surface area contributed by atoms with Crippen molar-refractivity contribution in [3.63, 3.8) is 0 Å². The highest BCUT2D eigenvalue weighted by molar-refractivity contribution is 6.74. The lowest BCUT2D eigenvalue weighted by atomic mass is 9.79. The zero-order chi connectivity index (χ0) is 37.6. The van der Waals surface area contributed by atoms with E-state index in [9.17, 15) is 4.79 Å². The van der Waals surface area contributed by atoms with Crippen molar-refractivity contribution in [2.24, 2.45) is 0 Å². The van der Waals surface area contributed by atoms with Crippen molar-refractivity contribution in [3.05, 3.63) is 155 Å². The summed E-state index contributed by atoms with van der Waals surface area (Å²) in [4.78, 5) is 13.6. The fourth-order valence-electron chi connectivity index (χ4n) is 6.78. The molecule has 0 heterocycles. The van der Waals surface area contributed by atoms with Gasteiger partial charge in [0.2, 0.25) is 0 Å². The number of hydrogen-bond acceptors (Lipinski definition) is 6. The second-order valence-electron chi connectivity index (χ2n) is 15.0. The van der Waals surface area contributed by atoms with Crippen LogP contribution in [0.1, 0.15) is 54.5 Å². The zero-order valence-corrected chi connectivity index (χ0v) is 32.8. The van der Waals surface area contributed by atoms with Gasteiger partial charge in [-0.05, 0) is 81.3 Å². The maximum Gasteiger partial charge on any atom is 0.407 e. The summed E-state index contributed by atoms with van der Waals surface area (Å²) < 4.78 is 31.3. The van der Waals surface area contributed by atoms with Crippen molar-refractivity contribution in [1.82, 2.24) is 5.32 Å². The molecule has 1 unspecified atom stereocenters. The summed E-state index contributed by atoms with van der Waals surface area (Å²) in [6, 6.07) is 42.7. The van der Waals surface area contributed by atoms with Crippen molar-refractivity contribution < 1.29 is 28.2 Å². The molecule has 0 bridgehead atoms. The second-order valence-corrected chi connectivity index (χ2v) is 19.8. The smallest absolute Gasteiger partial charge is 0.407 e. The fourth-order valence-corrected chi connectivity index (χ4v) is 7.81. The van der Waals surface area contributed by atoms with E-state index >= 15 is 0 Å². The lowest BCUT2D eigenvalue weighted by molar-refractivity contribution is -0.0654. The quantitative estimate of drug-likeness (QED) is 0.0906. The van der Waals surface area contributed by atoms with E-state index in [-0.39, 0.29) is 30.7 Å². The fraction of sp³-hybridized carbons (Fsp3) is 0.311. The average Bonchev–Trinajstić information content (AvgIpc) is 3.50. The molecule has 0 radical (unpaired) electrons. The van der Waals surface area contributed by atoms with Gasteiger partial charge in [0.05, 0.1) is 26.9 Å². The van der Waals surface area contributed by atoms with Crippen LogP contribution in [0, 0.1) is 0 Å². The largest absolute Gasteiger partial charge is 0.497 e. The Kier molecular flexibility index (Phi) is 11.4. The lowest BCUT2D eigenvalue weighted by Gasteiger charge is -2.41. The molecule has 7 nitrogen and oxygen atoms in total. The number of nitrogens with one attached hydrogen (secondary N) is 1. The van der Waals surface area contributed by atoms with Crippen molar-refractivity contribution in [1.29, 1.82) is 0 Å². The predicted molar refractivity (Wildman–Crippen MR) is 213 cm³/mol. The molecule has 6 rings (SSSR count). The Labute approximate surface area is 315 Å². The molecule has 1 aliphatic rings. The first-order chi connectivity index (χ1) is 25.5. The number of ether oxygens (including phenoxy) is 4. The van der Waals surface area contributed by atoms with Gasteiger partial charge in [-0.15, -0.1) is 0 Å². The minimum Gasteiger partial charge on any atom is -0.497 e.